The summed E-state index contributed by atoms with van der Waals surface area (Å²) >= 11 is 0. The first-order chi connectivity index (χ1) is 19.5. The van der Waals surface area contributed by atoms with Crippen molar-refractivity contribution in [3.05, 3.63) is 89.5 Å². The van der Waals surface area contributed by atoms with Crippen molar-refractivity contribution < 1.29 is 39.6 Å². The van der Waals surface area contributed by atoms with Crippen LogP contribution in [0.4, 0.5) is 0 Å². The Morgan fingerprint density at radius 1 is 0.634 bits per heavy atom. The summed E-state index contributed by atoms with van der Waals surface area (Å²) in [5, 5.41) is 2.09. The van der Waals surface area contributed by atoms with Gasteiger partial charge in [0.2, 0.25) is 11.6 Å². The Morgan fingerprint density at radius 3 is 1.34 bits per heavy atom. The Hall–Kier alpha value is -4.06. The lowest BCUT2D eigenvalue weighted by Gasteiger charge is -2.11. The molecule has 0 atom stereocenters. The van der Waals surface area contributed by atoms with Crippen molar-refractivity contribution in [1.29, 1.82) is 0 Å². The fourth-order valence-corrected chi connectivity index (χ4v) is 6.44. The minimum Gasteiger partial charge on any atom is -0.360 e. The van der Waals surface area contributed by atoms with E-state index in [9.17, 15) is 32.0 Å². The van der Waals surface area contributed by atoms with E-state index in [2.05, 4.69) is 13.2 Å². The van der Waals surface area contributed by atoms with Crippen LogP contribution >= 0.6 is 0 Å². The fraction of sp³-hybridized carbons (Fsp3) is 0.207. The number of hydrogen-bond acceptors (Lipinski definition) is 8. The number of carbonyl (C=O) groups excluding carboxylic acids is 2. The maximum atomic E-state index is 12.9. The predicted octanol–water partition coefficient (Wildman–Crippen LogP) is 4.04. The van der Waals surface area contributed by atoms with Gasteiger partial charge in [-0.3, -0.25) is 18.0 Å². The highest BCUT2D eigenvalue weighted by atomic mass is 32.2. The van der Waals surface area contributed by atoms with Gasteiger partial charge in [-0.2, -0.15) is 21.6 Å². The largest absolute Gasteiger partial charge is 0.400 e. The van der Waals surface area contributed by atoms with Crippen molar-refractivity contribution in [2.45, 2.75) is 35.5 Å². The van der Waals surface area contributed by atoms with Gasteiger partial charge in [0.05, 0.1) is 14.2 Å². The van der Waals surface area contributed by atoms with Gasteiger partial charge in [0, 0.05) is 23.6 Å². The number of benzene rings is 4. The van der Waals surface area contributed by atoms with Crippen LogP contribution in [0.2, 0.25) is 0 Å². The van der Waals surface area contributed by atoms with Crippen molar-refractivity contribution >= 4 is 59.1 Å². The van der Waals surface area contributed by atoms with Crippen LogP contribution in [0.3, 0.4) is 0 Å². The second-order valence-corrected chi connectivity index (χ2v) is 12.4. The normalized spacial score (nSPS) is 11.9. The van der Waals surface area contributed by atoms with E-state index in [0.717, 1.165) is 14.2 Å². The van der Waals surface area contributed by atoms with Crippen LogP contribution in [-0.2, 0) is 51.0 Å². The zero-order chi connectivity index (χ0) is 29.8. The summed E-state index contributed by atoms with van der Waals surface area (Å²) in [7, 11) is -5.76. The highest BCUT2D eigenvalue weighted by Crippen LogP contribution is 2.29. The summed E-state index contributed by atoms with van der Waals surface area (Å²) < 4.78 is 58.6. The smallest absolute Gasteiger partial charge is 0.360 e. The SMILES string of the molecule is COS(=O)(=O)c1ccc(CCC(=O)C(=[N+]=[N-])C(=O)CCc2ccc(S(=O)(=O)OC)c3ccccc23)c2ccccc12. The van der Waals surface area contributed by atoms with Gasteiger partial charge < -0.3 is 5.53 Å². The Labute approximate surface area is 237 Å². The molecule has 0 aliphatic rings. The van der Waals surface area contributed by atoms with Crippen molar-refractivity contribution in [2.75, 3.05) is 14.2 Å². The number of rotatable bonds is 12. The molecule has 0 aliphatic heterocycles. The van der Waals surface area contributed by atoms with E-state index in [1.165, 1.54) is 12.1 Å². The van der Waals surface area contributed by atoms with E-state index in [-0.39, 0.29) is 35.5 Å². The van der Waals surface area contributed by atoms with Crippen LogP contribution in [0.25, 0.3) is 27.1 Å². The lowest BCUT2D eigenvalue weighted by atomic mass is 9.95. The Bertz CT molecular complexity index is 1810. The third-order valence-corrected chi connectivity index (χ3v) is 9.46. The molecule has 0 saturated heterocycles. The van der Waals surface area contributed by atoms with Gasteiger partial charge in [0.25, 0.3) is 20.2 Å². The topological polar surface area (TPSA) is 157 Å². The fourth-order valence-electron chi connectivity index (χ4n) is 4.72. The van der Waals surface area contributed by atoms with E-state index < -0.39 is 37.5 Å². The van der Waals surface area contributed by atoms with Crippen LogP contribution in [0.15, 0.2) is 82.6 Å². The lowest BCUT2D eigenvalue weighted by molar-refractivity contribution is -0.124. The second-order valence-electron chi connectivity index (χ2n) is 9.07. The van der Waals surface area contributed by atoms with Crippen molar-refractivity contribution in [3.63, 3.8) is 0 Å². The van der Waals surface area contributed by atoms with Crippen molar-refractivity contribution in [2.24, 2.45) is 0 Å². The molecular weight excluding hydrogens is 568 g/mol. The second kappa shape index (κ2) is 12.2. The molecule has 0 N–H and O–H groups in total. The number of ketones is 2. The molecule has 12 heteroatoms. The summed E-state index contributed by atoms with van der Waals surface area (Å²) in [5.41, 5.74) is 10.3. The third kappa shape index (κ3) is 6.17. The molecule has 0 aliphatic carbocycles. The average Bonchev–Trinajstić information content (AvgIpc) is 2.98. The number of fused-ring (bicyclic) bond motifs is 2. The number of carbonyl (C=O) groups is 2. The molecule has 0 heterocycles. The van der Waals surface area contributed by atoms with Gasteiger partial charge in [-0.05, 0) is 46.9 Å². The van der Waals surface area contributed by atoms with E-state index >= 15 is 0 Å². The molecule has 0 saturated carbocycles. The monoisotopic (exact) mass is 594 g/mol. The van der Waals surface area contributed by atoms with E-state index in [1.807, 2.05) is 0 Å². The number of hydrogen-bond donors (Lipinski definition) is 0. The molecule has 10 nitrogen and oxygen atoms in total. The van der Waals surface area contributed by atoms with Gasteiger partial charge in [0.1, 0.15) is 9.79 Å². The molecule has 0 radical (unpaired) electrons. The molecule has 4 rings (SSSR count). The quantitative estimate of drug-likeness (QED) is 0.0782. The van der Waals surface area contributed by atoms with Gasteiger partial charge in [-0.15, -0.1) is 0 Å². The summed E-state index contributed by atoms with van der Waals surface area (Å²) in [4.78, 5) is 28.8. The minimum absolute atomic E-state index is 0.00107. The van der Waals surface area contributed by atoms with Gasteiger partial charge in [-0.25, -0.2) is 0 Å². The molecule has 4 aromatic carbocycles. The predicted molar refractivity (Wildman–Crippen MR) is 152 cm³/mol. The van der Waals surface area contributed by atoms with Crippen molar-refractivity contribution in [3.8, 4) is 0 Å². The van der Waals surface area contributed by atoms with Crippen LogP contribution < -0.4 is 0 Å². The van der Waals surface area contributed by atoms with Gasteiger partial charge in [-0.1, -0.05) is 60.7 Å². The maximum absolute atomic E-state index is 12.9. The molecule has 212 valence electrons. The standard InChI is InChI=1S/C29H26N2O8S2/c1-38-40(34,35)27-17-13-19(21-7-3-5-9-23(21)27)11-15-25(32)29(31-30)26(33)16-12-20-14-18-28(41(36,37)39-2)24-10-6-4-8-22(20)24/h3-10,13-14,17-18H,11-12,15-16H2,1-2H3. The first-order valence-corrected chi connectivity index (χ1v) is 15.3. The van der Waals surface area contributed by atoms with E-state index in [0.29, 0.717) is 32.7 Å². The number of Topliss-reactive ketones (excluding diaryl/α,β-unsaturated/α-hetero) is 2. The highest BCUT2D eigenvalue weighted by Gasteiger charge is 2.29. The molecular formula is C29H26N2O8S2. The first kappa shape index (κ1) is 29.9. The minimum atomic E-state index is -3.96. The summed E-state index contributed by atoms with van der Waals surface area (Å²) in [5.74, 6) is -1.33. The summed E-state index contributed by atoms with van der Waals surface area (Å²) in [6.45, 7) is 0. The molecule has 0 aromatic heterocycles. The van der Waals surface area contributed by atoms with Crippen LogP contribution in [0, 0.1) is 0 Å². The summed E-state index contributed by atoms with van der Waals surface area (Å²) in [6, 6.07) is 19.5. The zero-order valence-corrected chi connectivity index (χ0v) is 23.9. The van der Waals surface area contributed by atoms with E-state index in [4.69, 9.17) is 0 Å². The molecule has 0 bridgehead atoms. The maximum Gasteiger partial charge on any atom is 0.400 e. The molecule has 0 spiro atoms. The lowest BCUT2D eigenvalue weighted by Crippen LogP contribution is -2.26. The molecule has 41 heavy (non-hydrogen) atoms. The average molecular weight is 595 g/mol. The Balaban J connectivity index is 1.50. The molecule has 0 amide bonds. The Kier molecular flexibility index (Phi) is 8.91. The van der Waals surface area contributed by atoms with E-state index in [1.54, 1.807) is 60.7 Å². The Morgan fingerprint density at radius 2 is 1.00 bits per heavy atom. The first-order valence-electron chi connectivity index (χ1n) is 12.4. The highest BCUT2D eigenvalue weighted by molar-refractivity contribution is 7.87. The van der Waals surface area contributed by atoms with Gasteiger partial charge in [0.15, 0.2) is 0 Å². The van der Waals surface area contributed by atoms with Crippen LogP contribution in [-0.4, -0.2) is 53.1 Å². The number of nitrogens with zero attached hydrogens (tertiary/aromatic N) is 2. The molecule has 0 unspecified atom stereocenters. The third-order valence-electron chi connectivity index (χ3n) is 6.80. The molecule has 4 aromatic rings. The van der Waals surface area contributed by atoms with Crippen LogP contribution in [0.5, 0.6) is 0 Å². The molecule has 0 fully saturated rings. The number of aryl methyl sites for hydroxylation is 2. The zero-order valence-electron chi connectivity index (χ0n) is 22.2. The van der Waals surface area contributed by atoms with Crippen LogP contribution in [0.1, 0.15) is 24.0 Å². The van der Waals surface area contributed by atoms with Crippen molar-refractivity contribution in [1.82, 2.24) is 0 Å². The van der Waals surface area contributed by atoms with Gasteiger partial charge >= 0.3 is 5.71 Å². The summed E-state index contributed by atoms with van der Waals surface area (Å²) in [6.07, 6.45) is 0.0219.